The van der Waals surface area contributed by atoms with Crippen LogP contribution in [0.4, 0.5) is 0 Å². The molecule has 0 saturated heterocycles. The molecular weight excluding hydrogens is 464 g/mol. The first-order valence-electron chi connectivity index (χ1n) is 12.5. The summed E-state index contributed by atoms with van der Waals surface area (Å²) in [4.78, 5) is 12.8. The average molecular weight is 495 g/mol. The molecule has 0 spiro atoms. The second kappa shape index (κ2) is 10.0. The van der Waals surface area contributed by atoms with E-state index in [0.29, 0.717) is 24.5 Å². The van der Waals surface area contributed by atoms with Crippen molar-refractivity contribution in [3.05, 3.63) is 102 Å². The first kappa shape index (κ1) is 24.4. The molecule has 37 heavy (non-hydrogen) atoms. The monoisotopic (exact) mass is 494 g/mol. The van der Waals surface area contributed by atoms with Crippen LogP contribution in [0.15, 0.2) is 84.9 Å². The Kier molecular flexibility index (Phi) is 6.62. The van der Waals surface area contributed by atoms with Crippen molar-refractivity contribution in [2.45, 2.75) is 33.1 Å². The minimum Gasteiger partial charge on any atom is -0.494 e. The van der Waals surface area contributed by atoms with Gasteiger partial charge in [0.2, 0.25) is 0 Å². The van der Waals surface area contributed by atoms with Crippen molar-refractivity contribution in [3.63, 3.8) is 0 Å². The molecule has 0 fully saturated rings. The van der Waals surface area contributed by atoms with Crippen LogP contribution in [0.5, 0.6) is 28.7 Å². The maximum atomic E-state index is 12.8. The predicted molar refractivity (Wildman–Crippen MR) is 144 cm³/mol. The SMILES string of the molecule is CCOc1ccc(Oc2ccc3c(c2)C(C)(C)c2cc(OC(=O)c4ccc(OCC)cc4)ccc2-3)cc1. The van der Waals surface area contributed by atoms with Crippen LogP contribution in [0.3, 0.4) is 0 Å². The summed E-state index contributed by atoms with van der Waals surface area (Å²) in [6.45, 7) is 9.44. The van der Waals surface area contributed by atoms with Crippen LogP contribution in [0.1, 0.15) is 49.2 Å². The molecule has 0 radical (unpaired) electrons. The highest BCUT2D eigenvalue weighted by atomic mass is 16.5. The third-order valence-electron chi connectivity index (χ3n) is 6.60. The maximum Gasteiger partial charge on any atom is 0.343 e. The Morgan fingerprint density at radius 3 is 1.65 bits per heavy atom. The van der Waals surface area contributed by atoms with Crippen molar-refractivity contribution >= 4 is 5.97 Å². The number of esters is 1. The Morgan fingerprint density at radius 1 is 0.622 bits per heavy atom. The van der Waals surface area contributed by atoms with Gasteiger partial charge in [-0.2, -0.15) is 0 Å². The van der Waals surface area contributed by atoms with Crippen LogP contribution in [0, 0.1) is 0 Å². The molecule has 4 aromatic carbocycles. The van der Waals surface area contributed by atoms with Gasteiger partial charge in [0.05, 0.1) is 18.8 Å². The number of ether oxygens (including phenoxy) is 4. The van der Waals surface area contributed by atoms with E-state index < -0.39 is 5.97 Å². The Morgan fingerprint density at radius 2 is 1.08 bits per heavy atom. The minimum absolute atomic E-state index is 0.287. The molecular formula is C32H30O5. The van der Waals surface area contributed by atoms with E-state index in [-0.39, 0.29) is 5.41 Å². The number of carbonyl (C=O) groups is 1. The highest BCUT2D eigenvalue weighted by Gasteiger charge is 2.36. The molecule has 5 rings (SSSR count). The lowest BCUT2D eigenvalue weighted by molar-refractivity contribution is 0.0734. The van der Waals surface area contributed by atoms with Gasteiger partial charge in [0, 0.05) is 5.41 Å². The van der Waals surface area contributed by atoms with Crippen molar-refractivity contribution in [1.82, 2.24) is 0 Å². The van der Waals surface area contributed by atoms with Gasteiger partial charge in [0.25, 0.3) is 0 Å². The topological polar surface area (TPSA) is 54.0 Å². The molecule has 1 aliphatic carbocycles. The van der Waals surface area contributed by atoms with Gasteiger partial charge >= 0.3 is 5.97 Å². The maximum absolute atomic E-state index is 12.8. The predicted octanol–water partition coefficient (Wildman–Crippen LogP) is 7.80. The van der Waals surface area contributed by atoms with Crippen molar-refractivity contribution in [3.8, 4) is 39.9 Å². The lowest BCUT2D eigenvalue weighted by Gasteiger charge is -2.22. The molecule has 0 amide bonds. The Bertz CT molecular complexity index is 1420. The third-order valence-corrected chi connectivity index (χ3v) is 6.60. The van der Waals surface area contributed by atoms with E-state index in [2.05, 4.69) is 26.0 Å². The summed E-state index contributed by atoms with van der Waals surface area (Å²) in [6, 6.07) is 26.6. The quantitative estimate of drug-likeness (QED) is 0.185. The third kappa shape index (κ3) is 4.90. The van der Waals surface area contributed by atoms with Crippen LogP contribution in [0.2, 0.25) is 0 Å². The number of hydrogen-bond acceptors (Lipinski definition) is 5. The molecule has 0 aromatic heterocycles. The second-order valence-corrected chi connectivity index (χ2v) is 9.39. The van der Waals surface area contributed by atoms with E-state index in [1.54, 1.807) is 24.3 Å². The fraction of sp³-hybridized carbons (Fsp3) is 0.219. The summed E-state index contributed by atoms with van der Waals surface area (Å²) in [6.07, 6.45) is 0. The van der Waals surface area contributed by atoms with E-state index >= 15 is 0 Å². The molecule has 188 valence electrons. The fourth-order valence-corrected chi connectivity index (χ4v) is 4.75. The molecule has 5 heteroatoms. The average Bonchev–Trinajstić information content (AvgIpc) is 3.12. The number of carbonyl (C=O) groups excluding carboxylic acids is 1. The molecule has 0 bridgehead atoms. The van der Waals surface area contributed by atoms with Gasteiger partial charge in [0.15, 0.2) is 0 Å². The van der Waals surface area contributed by atoms with Crippen LogP contribution in [-0.2, 0) is 5.41 Å². The molecule has 1 aliphatic rings. The van der Waals surface area contributed by atoms with Crippen LogP contribution >= 0.6 is 0 Å². The van der Waals surface area contributed by atoms with Gasteiger partial charge in [-0.3, -0.25) is 0 Å². The zero-order valence-corrected chi connectivity index (χ0v) is 21.5. The fourth-order valence-electron chi connectivity index (χ4n) is 4.75. The van der Waals surface area contributed by atoms with Gasteiger partial charge in [-0.25, -0.2) is 4.79 Å². The summed E-state index contributed by atoms with van der Waals surface area (Å²) in [5, 5.41) is 0. The van der Waals surface area contributed by atoms with E-state index in [1.807, 2.05) is 62.4 Å². The van der Waals surface area contributed by atoms with E-state index in [9.17, 15) is 4.79 Å². The molecule has 0 aliphatic heterocycles. The lowest BCUT2D eigenvalue weighted by Crippen LogP contribution is -2.15. The van der Waals surface area contributed by atoms with Crippen LogP contribution in [-0.4, -0.2) is 19.2 Å². The summed E-state index contributed by atoms with van der Waals surface area (Å²) in [7, 11) is 0. The van der Waals surface area contributed by atoms with Crippen molar-refractivity contribution in [1.29, 1.82) is 0 Å². The van der Waals surface area contributed by atoms with Crippen molar-refractivity contribution in [2.24, 2.45) is 0 Å². The van der Waals surface area contributed by atoms with Crippen LogP contribution < -0.4 is 18.9 Å². The zero-order chi connectivity index (χ0) is 26.0. The van der Waals surface area contributed by atoms with Gasteiger partial charge in [-0.1, -0.05) is 26.0 Å². The van der Waals surface area contributed by atoms with Gasteiger partial charge in [0.1, 0.15) is 28.7 Å². The highest BCUT2D eigenvalue weighted by Crippen LogP contribution is 2.50. The molecule has 0 atom stereocenters. The highest BCUT2D eigenvalue weighted by molar-refractivity contribution is 5.91. The minimum atomic E-state index is -0.401. The zero-order valence-electron chi connectivity index (χ0n) is 21.5. The normalized spacial score (nSPS) is 12.9. The molecule has 0 heterocycles. The summed E-state index contributed by atoms with van der Waals surface area (Å²) < 4.78 is 22.8. The first-order valence-corrected chi connectivity index (χ1v) is 12.5. The number of rotatable bonds is 8. The van der Waals surface area contributed by atoms with Crippen molar-refractivity contribution in [2.75, 3.05) is 13.2 Å². The molecule has 0 unspecified atom stereocenters. The summed E-state index contributed by atoms with van der Waals surface area (Å²) >= 11 is 0. The Balaban J connectivity index is 1.35. The van der Waals surface area contributed by atoms with E-state index in [0.717, 1.165) is 39.7 Å². The van der Waals surface area contributed by atoms with Crippen LogP contribution in [0.25, 0.3) is 11.1 Å². The lowest BCUT2D eigenvalue weighted by atomic mass is 9.82. The summed E-state index contributed by atoms with van der Waals surface area (Å²) in [5.74, 6) is 3.18. The number of fused-ring (bicyclic) bond motifs is 3. The van der Waals surface area contributed by atoms with E-state index in [1.165, 1.54) is 5.56 Å². The largest absolute Gasteiger partial charge is 0.494 e. The summed E-state index contributed by atoms with van der Waals surface area (Å²) in [5.41, 5.74) is 4.75. The van der Waals surface area contributed by atoms with Gasteiger partial charge in [-0.15, -0.1) is 0 Å². The Hall–Kier alpha value is -4.25. The standard InChI is InChI=1S/C32H30O5/c1-5-34-22-9-7-21(8-10-22)31(33)37-26-16-18-28-27-17-15-25(19-29(27)32(3,4)30(28)20-26)36-24-13-11-23(12-14-24)35-6-2/h7-20H,5-6H2,1-4H3. The molecule has 4 aromatic rings. The van der Waals surface area contributed by atoms with Gasteiger partial charge in [-0.05, 0) is 109 Å². The smallest absolute Gasteiger partial charge is 0.343 e. The second-order valence-electron chi connectivity index (χ2n) is 9.39. The van der Waals surface area contributed by atoms with E-state index in [4.69, 9.17) is 18.9 Å². The first-order chi connectivity index (χ1) is 17.9. The Labute approximate surface area is 217 Å². The number of hydrogen-bond donors (Lipinski definition) is 0. The molecule has 0 saturated carbocycles. The van der Waals surface area contributed by atoms with Gasteiger partial charge < -0.3 is 18.9 Å². The number of benzene rings is 4. The van der Waals surface area contributed by atoms with Crippen molar-refractivity contribution < 1.29 is 23.7 Å². The molecule has 0 N–H and O–H groups in total. The molecule has 5 nitrogen and oxygen atoms in total.